The first kappa shape index (κ1) is 35.1. The van der Waals surface area contributed by atoms with E-state index in [4.69, 9.17) is 11.6 Å². The van der Waals surface area contributed by atoms with Crippen LogP contribution in [-0.2, 0) is 23.9 Å². The monoisotopic (exact) mass is 703 g/mol. The van der Waals surface area contributed by atoms with Gasteiger partial charge >= 0.3 is 18.2 Å². The molecule has 0 radical (unpaired) electrons. The van der Waals surface area contributed by atoms with Crippen molar-refractivity contribution in [3.8, 4) is 0 Å². The largest absolute Gasteiger partial charge is 0.418 e. The molecular formula is C35H45ClF3N7O3. The van der Waals surface area contributed by atoms with E-state index in [0.717, 1.165) is 43.2 Å². The van der Waals surface area contributed by atoms with Crippen LogP contribution < -0.4 is 16.0 Å². The fourth-order valence-electron chi connectivity index (χ4n) is 7.79. The number of piperidine rings is 3. The van der Waals surface area contributed by atoms with Gasteiger partial charge in [0.2, 0.25) is 5.91 Å². The van der Waals surface area contributed by atoms with Crippen molar-refractivity contribution in [2.75, 3.05) is 56.9 Å². The summed E-state index contributed by atoms with van der Waals surface area (Å²) in [5, 5.41) is 8.25. The second kappa shape index (κ2) is 15.0. The highest BCUT2D eigenvalue weighted by Crippen LogP contribution is 2.40. The van der Waals surface area contributed by atoms with Gasteiger partial charge in [0.05, 0.1) is 16.3 Å². The number of fused-ring (bicyclic) bond motifs is 1. The Hall–Kier alpha value is -3.71. The number of hydrogen-bond acceptors (Lipinski definition) is 5. The van der Waals surface area contributed by atoms with Crippen molar-refractivity contribution in [2.45, 2.75) is 82.2 Å². The van der Waals surface area contributed by atoms with E-state index in [2.05, 4.69) is 20.9 Å². The average Bonchev–Trinajstić information content (AvgIpc) is 3.10. The Morgan fingerprint density at radius 3 is 2.27 bits per heavy atom. The highest BCUT2D eigenvalue weighted by molar-refractivity contribution is 6.33. The summed E-state index contributed by atoms with van der Waals surface area (Å²) in [6.07, 6.45) is 1.53. The summed E-state index contributed by atoms with van der Waals surface area (Å²) in [6, 6.07) is 8.71. The number of hydrogen-bond donors (Lipinski definition) is 3. The minimum absolute atomic E-state index is 0.0651. The minimum Gasteiger partial charge on any atom is -0.386 e. The van der Waals surface area contributed by atoms with Gasteiger partial charge in [-0.3, -0.25) is 4.79 Å². The van der Waals surface area contributed by atoms with Crippen molar-refractivity contribution < 1.29 is 27.6 Å². The third-order valence-electron chi connectivity index (χ3n) is 10.5. The number of carbonyl (C=O) groups is 3. The molecule has 2 aromatic rings. The number of nitrogens with zero attached hydrogens (tertiary/aromatic N) is 4. The molecule has 4 aliphatic heterocycles. The number of benzene rings is 2. The molecular weight excluding hydrogens is 659 g/mol. The molecule has 3 fully saturated rings. The van der Waals surface area contributed by atoms with Crippen LogP contribution in [0, 0.1) is 0 Å². The fourth-order valence-corrected chi connectivity index (χ4v) is 8.12. The molecule has 3 saturated heterocycles. The van der Waals surface area contributed by atoms with Gasteiger partial charge < -0.3 is 35.6 Å². The van der Waals surface area contributed by atoms with E-state index in [1.54, 1.807) is 14.7 Å². The number of urea groups is 2. The van der Waals surface area contributed by atoms with E-state index in [1.165, 1.54) is 32.4 Å². The summed E-state index contributed by atoms with van der Waals surface area (Å²) in [4.78, 5) is 48.3. The van der Waals surface area contributed by atoms with Crippen LogP contribution in [0.3, 0.4) is 0 Å². The normalized spacial score (nSPS) is 20.4. The molecule has 0 unspecified atom stereocenters. The lowest BCUT2D eigenvalue weighted by molar-refractivity contribution is -0.137. The molecule has 2 aromatic carbocycles. The van der Waals surface area contributed by atoms with Gasteiger partial charge in [-0.05, 0) is 80.9 Å². The molecule has 5 amide bonds. The summed E-state index contributed by atoms with van der Waals surface area (Å²) in [5.74, 6) is -0.314. The standard InChI is InChI=1S/C35H45ClF3N7O3/c1-40-31-27(35(37,38)39)19-23(20-28(31)36)21-30(32(47)44-15-9-25(10-16-44)43-13-5-2-6-14-43)42-33(48)45-17-11-26(12-18-45)46-22-24-7-3-4-8-29(24)41-34(46)49/h3-4,7-8,19-20,25-26,30,40H,2,5-6,9-18,21-22H2,1H3,(H,41,49)(H,42,48)/t30-/m1/s1. The molecule has 1 atom stereocenters. The Morgan fingerprint density at radius 1 is 0.939 bits per heavy atom. The molecule has 49 heavy (non-hydrogen) atoms. The molecule has 6 rings (SSSR count). The predicted octanol–water partition coefficient (Wildman–Crippen LogP) is 6.01. The number of likely N-dealkylation sites (tertiary alicyclic amines) is 3. The molecule has 0 bridgehead atoms. The Bertz CT molecular complexity index is 1520. The zero-order chi connectivity index (χ0) is 34.7. The first-order chi connectivity index (χ1) is 23.5. The highest BCUT2D eigenvalue weighted by atomic mass is 35.5. The number of para-hydroxylation sites is 1. The van der Waals surface area contributed by atoms with Crippen molar-refractivity contribution >= 4 is 40.9 Å². The molecule has 0 aliphatic carbocycles. The van der Waals surface area contributed by atoms with Gasteiger partial charge in [0, 0.05) is 64.0 Å². The zero-order valence-electron chi connectivity index (χ0n) is 27.8. The minimum atomic E-state index is -4.67. The van der Waals surface area contributed by atoms with Crippen LogP contribution in [0.25, 0.3) is 0 Å². The molecule has 0 spiro atoms. The maximum Gasteiger partial charge on any atom is 0.418 e. The van der Waals surface area contributed by atoms with E-state index in [1.807, 2.05) is 24.3 Å². The molecule has 4 heterocycles. The lowest BCUT2D eigenvalue weighted by atomic mass is 9.97. The SMILES string of the molecule is CNc1c(Cl)cc(C[C@@H](NC(=O)N2CCC(N3Cc4ccccc4NC3=O)CC2)C(=O)N2CCC(N3CCCCC3)CC2)cc1C(F)(F)F. The molecule has 10 nitrogen and oxygen atoms in total. The van der Waals surface area contributed by atoms with Gasteiger partial charge in [0.25, 0.3) is 0 Å². The summed E-state index contributed by atoms with van der Waals surface area (Å²) in [5.41, 5.74) is 0.867. The number of alkyl halides is 3. The van der Waals surface area contributed by atoms with Crippen LogP contribution in [0.1, 0.15) is 61.6 Å². The maximum atomic E-state index is 14.0. The average molecular weight is 704 g/mol. The summed E-state index contributed by atoms with van der Waals surface area (Å²) >= 11 is 6.30. The lowest BCUT2D eigenvalue weighted by Gasteiger charge is -2.42. The number of anilines is 2. The van der Waals surface area contributed by atoms with Crippen molar-refractivity contribution in [1.82, 2.24) is 24.9 Å². The van der Waals surface area contributed by atoms with Crippen LogP contribution in [0.15, 0.2) is 36.4 Å². The summed E-state index contributed by atoms with van der Waals surface area (Å²) in [7, 11) is 1.37. The van der Waals surface area contributed by atoms with Gasteiger partial charge in [0.15, 0.2) is 0 Å². The topological polar surface area (TPSA) is 100 Å². The lowest BCUT2D eigenvalue weighted by Crippen LogP contribution is -2.57. The van der Waals surface area contributed by atoms with E-state index in [-0.39, 0.29) is 40.7 Å². The van der Waals surface area contributed by atoms with E-state index in [9.17, 15) is 27.6 Å². The van der Waals surface area contributed by atoms with Crippen molar-refractivity contribution in [2.24, 2.45) is 0 Å². The quantitative estimate of drug-likeness (QED) is 0.328. The number of rotatable bonds is 7. The van der Waals surface area contributed by atoms with Gasteiger partial charge in [0.1, 0.15) is 6.04 Å². The van der Waals surface area contributed by atoms with Gasteiger partial charge in [-0.1, -0.05) is 36.2 Å². The van der Waals surface area contributed by atoms with Crippen molar-refractivity contribution in [1.29, 1.82) is 0 Å². The smallest absolute Gasteiger partial charge is 0.386 e. The molecule has 3 N–H and O–H groups in total. The first-order valence-corrected chi connectivity index (χ1v) is 17.7. The van der Waals surface area contributed by atoms with Crippen LogP contribution in [0.4, 0.5) is 34.1 Å². The Labute approximate surface area is 290 Å². The van der Waals surface area contributed by atoms with Gasteiger partial charge in [-0.25, -0.2) is 9.59 Å². The molecule has 14 heteroatoms. The van der Waals surface area contributed by atoms with Crippen molar-refractivity contribution in [3.63, 3.8) is 0 Å². The van der Waals surface area contributed by atoms with Crippen molar-refractivity contribution in [3.05, 3.63) is 58.1 Å². The van der Waals surface area contributed by atoms with Crippen LogP contribution in [0.5, 0.6) is 0 Å². The number of halogens is 4. The molecule has 0 saturated carbocycles. The van der Waals surface area contributed by atoms with E-state index >= 15 is 0 Å². The van der Waals surface area contributed by atoms with Crippen LogP contribution in [0.2, 0.25) is 5.02 Å². The second-order valence-electron chi connectivity index (χ2n) is 13.5. The molecule has 4 aliphatic rings. The zero-order valence-corrected chi connectivity index (χ0v) is 28.6. The summed E-state index contributed by atoms with van der Waals surface area (Å²) in [6.45, 7) is 4.38. The van der Waals surface area contributed by atoms with Crippen LogP contribution >= 0.6 is 11.6 Å². The highest BCUT2D eigenvalue weighted by Gasteiger charge is 2.38. The molecule has 266 valence electrons. The Balaban J connectivity index is 1.14. The third-order valence-corrected chi connectivity index (χ3v) is 10.8. The Morgan fingerprint density at radius 2 is 1.59 bits per heavy atom. The first-order valence-electron chi connectivity index (χ1n) is 17.3. The number of carbonyl (C=O) groups excluding carboxylic acids is 3. The van der Waals surface area contributed by atoms with E-state index in [0.29, 0.717) is 51.6 Å². The number of nitrogens with one attached hydrogen (secondary N) is 3. The number of amides is 5. The van der Waals surface area contributed by atoms with Gasteiger partial charge in [-0.2, -0.15) is 13.2 Å². The maximum absolute atomic E-state index is 14.0. The molecule has 0 aromatic heterocycles. The fraction of sp³-hybridized carbons (Fsp3) is 0.571. The Kier molecular flexibility index (Phi) is 10.8. The van der Waals surface area contributed by atoms with Crippen LogP contribution in [-0.4, -0.2) is 102 Å². The predicted molar refractivity (Wildman–Crippen MR) is 183 cm³/mol. The van der Waals surface area contributed by atoms with Gasteiger partial charge in [-0.15, -0.1) is 0 Å². The second-order valence-corrected chi connectivity index (χ2v) is 13.9. The van der Waals surface area contributed by atoms with E-state index < -0.39 is 23.8 Å². The third kappa shape index (κ3) is 8.03. The summed E-state index contributed by atoms with van der Waals surface area (Å²) < 4.78 is 42.0.